The first-order chi connectivity index (χ1) is 16.7. The Balaban J connectivity index is 1.59. The minimum absolute atomic E-state index is 0.216. The lowest BCUT2D eigenvalue weighted by Gasteiger charge is -2.08. The van der Waals surface area contributed by atoms with Crippen LogP contribution in [-0.4, -0.2) is 19.7 Å². The highest BCUT2D eigenvalue weighted by Gasteiger charge is 2.30. The van der Waals surface area contributed by atoms with Crippen molar-refractivity contribution in [2.24, 2.45) is 0 Å². The highest BCUT2D eigenvalue weighted by Crippen LogP contribution is 2.31. The Kier molecular flexibility index (Phi) is 5.72. The fourth-order valence-corrected chi connectivity index (χ4v) is 4.08. The summed E-state index contributed by atoms with van der Waals surface area (Å²) in [5.41, 5.74) is 2.01. The number of nitrogens with one attached hydrogen (secondary N) is 2. The second kappa shape index (κ2) is 8.74. The molecule has 0 saturated heterocycles. The third-order valence-electron chi connectivity index (χ3n) is 5.71. The van der Waals surface area contributed by atoms with E-state index in [1.807, 2.05) is 0 Å². The fourth-order valence-electron chi connectivity index (χ4n) is 3.91. The van der Waals surface area contributed by atoms with Crippen molar-refractivity contribution in [2.45, 2.75) is 19.0 Å². The number of alkyl halides is 3. The maximum Gasteiger partial charge on any atom is 0.416 e. The van der Waals surface area contributed by atoms with Gasteiger partial charge < -0.3 is 4.98 Å². The molecule has 0 bridgehead atoms. The van der Waals surface area contributed by atoms with Crippen LogP contribution in [0.4, 0.5) is 17.6 Å². The van der Waals surface area contributed by atoms with Gasteiger partial charge in [-0.2, -0.15) is 17.9 Å². The standard InChI is InChI=1S/C25H17ClF4N4O/c26-17-8-12-20-21(13-17)32-24(31-20)34-23(35)19(11-3-14-1-9-18(27)10-2-14)22(33-34)15-4-6-16(7-5-15)25(28,29)30/h1-2,4-10,12-13,33H,3,11H2,(H,31,32). The van der Waals surface area contributed by atoms with Crippen molar-refractivity contribution >= 4 is 22.6 Å². The molecule has 5 aromatic rings. The van der Waals surface area contributed by atoms with Crippen LogP contribution in [0, 0.1) is 5.82 Å². The van der Waals surface area contributed by atoms with Gasteiger partial charge >= 0.3 is 6.18 Å². The molecule has 0 aliphatic carbocycles. The first kappa shape index (κ1) is 22.9. The number of H-pyrrole nitrogens is 2. The Labute approximate surface area is 201 Å². The van der Waals surface area contributed by atoms with E-state index in [1.165, 1.54) is 28.9 Å². The molecule has 0 amide bonds. The molecule has 3 aromatic carbocycles. The van der Waals surface area contributed by atoms with Crippen LogP contribution in [0.2, 0.25) is 5.02 Å². The van der Waals surface area contributed by atoms with Gasteiger partial charge in [0.05, 0.1) is 22.3 Å². The largest absolute Gasteiger partial charge is 0.416 e. The van der Waals surface area contributed by atoms with Crippen LogP contribution in [0.15, 0.2) is 71.5 Å². The van der Waals surface area contributed by atoms with Gasteiger partial charge in [0, 0.05) is 10.6 Å². The van der Waals surface area contributed by atoms with Crippen molar-refractivity contribution in [1.82, 2.24) is 19.7 Å². The number of aromatic nitrogens is 4. The number of benzene rings is 3. The summed E-state index contributed by atoms with van der Waals surface area (Å²) in [4.78, 5) is 20.9. The third kappa shape index (κ3) is 4.59. The van der Waals surface area contributed by atoms with Crippen molar-refractivity contribution in [3.8, 4) is 17.2 Å². The first-order valence-electron chi connectivity index (χ1n) is 10.6. The minimum Gasteiger partial charge on any atom is -0.322 e. The van der Waals surface area contributed by atoms with Gasteiger partial charge in [-0.25, -0.2) is 9.37 Å². The topological polar surface area (TPSA) is 66.5 Å². The minimum atomic E-state index is -4.47. The first-order valence-corrected chi connectivity index (χ1v) is 11.0. The van der Waals surface area contributed by atoms with Gasteiger partial charge in [0.1, 0.15) is 5.82 Å². The van der Waals surface area contributed by atoms with Crippen molar-refractivity contribution in [3.63, 3.8) is 0 Å². The lowest BCUT2D eigenvalue weighted by atomic mass is 10.0. The van der Waals surface area contributed by atoms with Crippen LogP contribution in [0.25, 0.3) is 28.2 Å². The number of imidazole rings is 1. The van der Waals surface area contributed by atoms with Gasteiger partial charge in [-0.3, -0.25) is 9.89 Å². The van der Waals surface area contributed by atoms with Crippen molar-refractivity contribution in [1.29, 1.82) is 0 Å². The molecule has 5 rings (SSSR count). The monoisotopic (exact) mass is 500 g/mol. The van der Waals surface area contributed by atoms with Crippen LogP contribution >= 0.6 is 11.6 Å². The number of aromatic amines is 2. The molecule has 178 valence electrons. The smallest absolute Gasteiger partial charge is 0.322 e. The maximum absolute atomic E-state index is 13.4. The number of rotatable bonds is 5. The van der Waals surface area contributed by atoms with Crippen LogP contribution in [0.1, 0.15) is 16.7 Å². The van der Waals surface area contributed by atoms with Gasteiger partial charge in [-0.05, 0) is 66.4 Å². The maximum atomic E-state index is 13.4. The lowest BCUT2D eigenvalue weighted by molar-refractivity contribution is -0.137. The number of nitrogens with zero attached hydrogens (tertiary/aromatic N) is 2. The predicted octanol–water partition coefficient (Wildman–Crippen LogP) is 6.31. The summed E-state index contributed by atoms with van der Waals surface area (Å²) < 4.78 is 53.6. The molecule has 0 saturated carbocycles. The van der Waals surface area contributed by atoms with Gasteiger partial charge in [0.2, 0.25) is 5.95 Å². The van der Waals surface area contributed by atoms with Crippen molar-refractivity contribution in [3.05, 3.63) is 105 Å². The van der Waals surface area contributed by atoms with E-state index in [9.17, 15) is 22.4 Å². The van der Waals surface area contributed by atoms with E-state index >= 15 is 0 Å². The average molecular weight is 501 g/mol. The second-order valence-electron chi connectivity index (χ2n) is 8.03. The highest BCUT2D eigenvalue weighted by atomic mass is 35.5. The SMILES string of the molecule is O=c1c(CCc2ccc(F)cc2)c(-c2ccc(C(F)(F)F)cc2)[nH]n1-c1nc2ccc(Cl)cc2[nH]1. The normalized spacial score (nSPS) is 11.9. The molecular weight excluding hydrogens is 484 g/mol. The zero-order valence-corrected chi connectivity index (χ0v) is 18.7. The molecule has 0 radical (unpaired) electrons. The van der Waals surface area contributed by atoms with Crippen LogP contribution in [-0.2, 0) is 19.0 Å². The highest BCUT2D eigenvalue weighted by molar-refractivity contribution is 6.31. The Morgan fingerprint density at radius 3 is 2.34 bits per heavy atom. The van der Waals surface area contributed by atoms with Gasteiger partial charge in [-0.1, -0.05) is 35.9 Å². The molecule has 10 heteroatoms. The zero-order valence-electron chi connectivity index (χ0n) is 18.0. The average Bonchev–Trinajstić information content (AvgIpc) is 3.38. The van der Waals surface area contributed by atoms with Crippen molar-refractivity contribution in [2.75, 3.05) is 0 Å². The van der Waals surface area contributed by atoms with E-state index in [1.54, 1.807) is 30.3 Å². The molecular formula is C25H17ClF4N4O. The van der Waals surface area contributed by atoms with E-state index < -0.39 is 17.3 Å². The van der Waals surface area contributed by atoms with E-state index in [4.69, 9.17) is 11.6 Å². The molecule has 2 aromatic heterocycles. The van der Waals surface area contributed by atoms with E-state index in [2.05, 4.69) is 15.1 Å². The molecule has 0 atom stereocenters. The quantitative estimate of drug-likeness (QED) is 0.278. The summed E-state index contributed by atoms with van der Waals surface area (Å²) in [6.45, 7) is 0. The predicted molar refractivity (Wildman–Crippen MR) is 125 cm³/mol. The summed E-state index contributed by atoms with van der Waals surface area (Å²) in [7, 11) is 0. The van der Waals surface area contributed by atoms with Gasteiger partial charge in [0.15, 0.2) is 0 Å². The number of halogens is 5. The molecule has 2 heterocycles. The number of aryl methyl sites for hydroxylation is 1. The Morgan fingerprint density at radius 2 is 1.66 bits per heavy atom. The Morgan fingerprint density at radius 1 is 0.943 bits per heavy atom. The molecule has 0 aliphatic heterocycles. The zero-order chi connectivity index (χ0) is 24.7. The summed E-state index contributed by atoms with van der Waals surface area (Å²) in [6, 6.07) is 15.6. The molecule has 2 N–H and O–H groups in total. The van der Waals surface area contributed by atoms with Gasteiger partial charge in [-0.15, -0.1) is 0 Å². The molecule has 0 fully saturated rings. The lowest BCUT2D eigenvalue weighted by Crippen LogP contribution is -2.18. The van der Waals surface area contributed by atoms with Gasteiger partial charge in [0.25, 0.3) is 5.56 Å². The van der Waals surface area contributed by atoms with E-state index in [-0.39, 0.29) is 18.2 Å². The Hall–Kier alpha value is -3.85. The van der Waals surface area contributed by atoms with E-state index in [0.29, 0.717) is 39.3 Å². The molecule has 35 heavy (non-hydrogen) atoms. The molecule has 0 unspecified atom stereocenters. The number of hydrogen-bond donors (Lipinski definition) is 2. The summed E-state index contributed by atoms with van der Waals surface area (Å²) in [5, 5.41) is 3.50. The van der Waals surface area contributed by atoms with E-state index in [0.717, 1.165) is 17.7 Å². The molecule has 0 aliphatic rings. The molecule has 5 nitrogen and oxygen atoms in total. The van der Waals surface area contributed by atoms with Crippen molar-refractivity contribution < 1.29 is 17.6 Å². The Bertz CT molecular complexity index is 1560. The number of hydrogen-bond acceptors (Lipinski definition) is 2. The molecule has 0 spiro atoms. The summed E-state index contributed by atoms with van der Waals surface area (Å²) in [6.07, 6.45) is -3.77. The van der Waals surface area contributed by atoms with Crippen LogP contribution < -0.4 is 5.56 Å². The second-order valence-corrected chi connectivity index (χ2v) is 8.47. The van der Waals surface area contributed by atoms with Crippen LogP contribution in [0.5, 0.6) is 0 Å². The number of fused-ring (bicyclic) bond motifs is 1. The third-order valence-corrected chi connectivity index (χ3v) is 5.94. The fraction of sp³-hybridized carbons (Fsp3) is 0.120. The van der Waals surface area contributed by atoms with Crippen LogP contribution in [0.3, 0.4) is 0 Å². The summed E-state index contributed by atoms with van der Waals surface area (Å²) in [5.74, 6) is -0.151. The summed E-state index contributed by atoms with van der Waals surface area (Å²) >= 11 is 6.04.